The molecular formula is C27H23F4NO4. The number of fused-ring (bicyclic) bond motifs is 3. The Labute approximate surface area is 204 Å². The molecule has 36 heavy (non-hydrogen) atoms. The largest absolute Gasteiger partial charge is 0.480 e. The molecule has 4 rings (SSSR count). The summed E-state index contributed by atoms with van der Waals surface area (Å²) in [4.78, 5) is 25.5. The average Bonchev–Trinajstić information content (AvgIpc) is 3.16. The van der Waals surface area contributed by atoms with Crippen molar-refractivity contribution in [1.29, 1.82) is 0 Å². The van der Waals surface area contributed by atoms with Gasteiger partial charge in [0.05, 0.1) is 5.56 Å². The first-order valence-corrected chi connectivity index (χ1v) is 11.2. The van der Waals surface area contributed by atoms with E-state index >= 15 is 0 Å². The highest BCUT2D eigenvalue weighted by Gasteiger charge is 2.33. The summed E-state index contributed by atoms with van der Waals surface area (Å²) in [5.41, 5.74) is 2.89. The van der Waals surface area contributed by atoms with Crippen LogP contribution in [0.3, 0.4) is 0 Å². The number of benzene rings is 3. The number of carboxylic acids is 1. The molecule has 1 atom stereocenters. The van der Waals surface area contributed by atoms with Crippen LogP contribution in [0.2, 0.25) is 0 Å². The predicted octanol–water partition coefficient (Wildman–Crippen LogP) is 6.11. The van der Waals surface area contributed by atoms with Gasteiger partial charge in [-0.1, -0.05) is 54.6 Å². The summed E-state index contributed by atoms with van der Waals surface area (Å²) in [5.74, 6) is -2.63. The molecule has 1 amide bonds. The van der Waals surface area contributed by atoms with Crippen LogP contribution in [0.4, 0.5) is 22.4 Å². The number of likely N-dealkylation sites (N-methyl/N-ethyl adjacent to an activating group) is 1. The number of rotatable bonds is 7. The van der Waals surface area contributed by atoms with Gasteiger partial charge in [-0.3, -0.25) is 4.90 Å². The number of carboxylic acid groups (broad SMARTS) is 1. The van der Waals surface area contributed by atoms with E-state index in [1.165, 1.54) is 7.05 Å². The Morgan fingerprint density at radius 2 is 1.58 bits per heavy atom. The lowest BCUT2D eigenvalue weighted by molar-refractivity contribution is -0.142. The molecule has 0 saturated heterocycles. The molecule has 0 aromatic heterocycles. The van der Waals surface area contributed by atoms with Gasteiger partial charge in [0, 0.05) is 13.0 Å². The van der Waals surface area contributed by atoms with Gasteiger partial charge < -0.3 is 9.84 Å². The Kier molecular flexibility index (Phi) is 7.01. The van der Waals surface area contributed by atoms with E-state index in [9.17, 15) is 32.3 Å². The molecule has 0 radical (unpaired) electrons. The molecule has 1 N–H and O–H groups in total. The van der Waals surface area contributed by atoms with Crippen molar-refractivity contribution in [2.75, 3.05) is 13.7 Å². The summed E-state index contributed by atoms with van der Waals surface area (Å²) in [6, 6.07) is 16.3. The van der Waals surface area contributed by atoms with Crippen LogP contribution < -0.4 is 0 Å². The van der Waals surface area contributed by atoms with Crippen molar-refractivity contribution < 1.29 is 37.0 Å². The van der Waals surface area contributed by atoms with E-state index in [0.717, 1.165) is 39.3 Å². The average molecular weight is 501 g/mol. The fraction of sp³-hybridized carbons (Fsp3) is 0.259. The van der Waals surface area contributed by atoms with Gasteiger partial charge in [0.15, 0.2) is 0 Å². The first kappa shape index (κ1) is 25.2. The summed E-state index contributed by atoms with van der Waals surface area (Å²) >= 11 is 0. The normalized spacial score (nSPS) is 13.6. The molecule has 1 aliphatic rings. The maximum atomic E-state index is 14.2. The summed E-state index contributed by atoms with van der Waals surface area (Å²) in [7, 11) is 1.26. The Morgan fingerprint density at radius 3 is 2.11 bits per heavy atom. The summed E-state index contributed by atoms with van der Waals surface area (Å²) in [6.45, 7) is -0.00291. The topological polar surface area (TPSA) is 66.8 Å². The van der Waals surface area contributed by atoms with E-state index in [-0.39, 0.29) is 30.9 Å². The lowest BCUT2D eigenvalue weighted by Gasteiger charge is -2.25. The third-order valence-electron chi connectivity index (χ3n) is 6.44. The summed E-state index contributed by atoms with van der Waals surface area (Å²) < 4.78 is 57.9. The number of ether oxygens (including phenoxy) is 1. The van der Waals surface area contributed by atoms with Crippen molar-refractivity contribution in [2.24, 2.45) is 0 Å². The van der Waals surface area contributed by atoms with Crippen LogP contribution >= 0.6 is 0 Å². The van der Waals surface area contributed by atoms with Crippen LogP contribution in [0.25, 0.3) is 11.1 Å². The summed E-state index contributed by atoms with van der Waals surface area (Å²) in [6.07, 6.45) is -5.94. The van der Waals surface area contributed by atoms with Gasteiger partial charge in [-0.15, -0.1) is 0 Å². The van der Waals surface area contributed by atoms with Gasteiger partial charge >= 0.3 is 18.2 Å². The number of nitrogens with zero attached hydrogens (tertiary/aromatic N) is 1. The third kappa shape index (κ3) is 5.05. The van der Waals surface area contributed by atoms with Crippen molar-refractivity contribution >= 4 is 12.1 Å². The number of amides is 1. The first-order valence-electron chi connectivity index (χ1n) is 11.2. The molecule has 0 fully saturated rings. The van der Waals surface area contributed by atoms with E-state index in [1.807, 2.05) is 48.5 Å². The number of aryl methyl sites for hydroxylation is 1. The second-order valence-electron chi connectivity index (χ2n) is 8.61. The highest BCUT2D eigenvalue weighted by Crippen LogP contribution is 2.44. The van der Waals surface area contributed by atoms with Crippen LogP contribution in [0, 0.1) is 5.82 Å². The van der Waals surface area contributed by atoms with E-state index < -0.39 is 35.7 Å². The number of hydrogen-bond acceptors (Lipinski definition) is 3. The van der Waals surface area contributed by atoms with Crippen LogP contribution in [-0.4, -0.2) is 41.8 Å². The Bertz CT molecular complexity index is 1250. The maximum Gasteiger partial charge on any atom is 0.416 e. The van der Waals surface area contributed by atoms with Crippen LogP contribution in [0.5, 0.6) is 0 Å². The highest BCUT2D eigenvalue weighted by atomic mass is 19.4. The zero-order chi connectivity index (χ0) is 26.0. The molecule has 1 aliphatic carbocycles. The number of halogens is 4. The van der Waals surface area contributed by atoms with Crippen molar-refractivity contribution in [3.05, 3.63) is 94.8 Å². The molecule has 188 valence electrons. The number of carbonyl (C=O) groups is 2. The minimum atomic E-state index is -4.69. The molecule has 0 heterocycles. The van der Waals surface area contributed by atoms with Crippen molar-refractivity contribution in [3.8, 4) is 11.1 Å². The fourth-order valence-corrected chi connectivity index (χ4v) is 4.52. The molecule has 0 spiro atoms. The van der Waals surface area contributed by atoms with Crippen molar-refractivity contribution in [2.45, 2.75) is 31.0 Å². The number of hydrogen-bond donors (Lipinski definition) is 1. The second kappa shape index (κ2) is 10.0. The minimum absolute atomic E-state index is 0.00291. The monoisotopic (exact) mass is 501 g/mol. The van der Waals surface area contributed by atoms with Crippen LogP contribution in [0.15, 0.2) is 66.7 Å². The van der Waals surface area contributed by atoms with Gasteiger partial charge in [-0.2, -0.15) is 13.2 Å². The van der Waals surface area contributed by atoms with Crippen molar-refractivity contribution in [1.82, 2.24) is 4.90 Å². The lowest BCUT2D eigenvalue weighted by atomic mass is 9.98. The molecule has 5 nitrogen and oxygen atoms in total. The zero-order valence-corrected chi connectivity index (χ0v) is 19.3. The molecule has 9 heteroatoms. The van der Waals surface area contributed by atoms with Crippen LogP contribution in [-0.2, 0) is 22.1 Å². The van der Waals surface area contributed by atoms with Gasteiger partial charge in [-0.05, 0) is 52.8 Å². The molecule has 3 aromatic carbocycles. The van der Waals surface area contributed by atoms with E-state index in [1.54, 1.807) is 0 Å². The molecule has 0 aliphatic heterocycles. The predicted molar refractivity (Wildman–Crippen MR) is 124 cm³/mol. The zero-order valence-electron chi connectivity index (χ0n) is 19.3. The smallest absolute Gasteiger partial charge is 0.416 e. The quantitative estimate of drug-likeness (QED) is 0.397. The number of aliphatic carboxylic acids is 1. The molecular weight excluding hydrogens is 478 g/mol. The van der Waals surface area contributed by atoms with Crippen LogP contribution in [0.1, 0.15) is 34.6 Å². The van der Waals surface area contributed by atoms with E-state index in [4.69, 9.17) is 4.74 Å². The summed E-state index contributed by atoms with van der Waals surface area (Å²) in [5, 5.41) is 9.64. The molecule has 3 aromatic rings. The van der Waals surface area contributed by atoms with Crippen molar-refractivity contribution in [3.63, 3.8) is 0 Å². The number of alkyl halides is 3. The van der Waals surface area contributed by atoms with Gasteiger partial charge in [0.25, 0.3) is 0 Å². The first-order chi connectivity index (χ1) is 17.1. The minimum Gasteiger partial charge on any atom is -0.480 e. The standard InChI is InChI=1S/C27H23F4NO4/c1-32(24(25(33)34)13-11-16-10-12-17(14-23(16)28)27(29,30)31)26(35)36-15-22-20-8-4-2-6-18(20)19-7-3-5-9-21(19)22/h2-10,12,14,22,24H,11,13,15H2,1H3,(H,33,34). The maximum absolute atomic E-state index is 14.2. The number of carbonyl (C=O) groups excluding carboxylic acids is 1. The SMILES string of the molecule is CN(C(=O)OCC1c2ccccc2-c2ccccc21)C(CCc1ccc(C(F)(F)F)cc1F)C(=O)O. The Morgan fingerprint density at radius 1 is 1.00 bits per heavy atom. The van der Waals surface area contributed by atoms with E-state index in [2.05, 4.69) is 0 Å². The molecule has 1 unspecified atom stereocenters. The lowest BCUT2D eigenvalue weighted by Crippen LogP contribution is -2.43. The van der Waals surface area contributed by atoms with Gasteiger partial charge in [0.1, 0.15) is 18.5 Å². The molecule has 0 bridgehead atoms. The third-order valence-corrected chi connectivity index (χ3v) is 6.44. The highest BCUT2D eigenvalue weighted by molar-refractivity contribution is 5.81. The Hall–Kier alpha value is -3.88. The molecule has 0 saturated carbocycles. The second-order valence-corrected chi connectivity index (χ2v) is 8.61. The Balaban J connectivity index is 1.42. The van der Waals surface area contributed by atoms with Gasteiger partial charge in [0.2, 0.25) is 0 Å². The fourth-order valence-electron chi connectivity index (χ4n) is 4.52. The van der Waals surface area contributed by atoms with Gasteiger partial charge in [-0.25, -0.2) is 14.0 Å². The van der Waals surface area contributed by atoms with E-state index in [0.29, 0.717) is 6.07 Å².